The van der Waals surface area contributed by atoms with Crippen LogP contribution in [-0.2, 0) is 22.9 Å². The van der Waals surface area contributed by atoms with Crippen LogP contribution in [0, 0.1) is 34.8 Å². The summed E-state index contributed by atoms with van der Waals surface area (Å²) in [5.41, 5.74) is 1.76. The Morgan fingerprint density at radius 1 is 1.18 bits per heavy atom. The molecule has 8 heteroatoms. The van der Waals surface area contributed by atoms with Gasteiger partial charge in [-0.1, -0.05) is 24.6 Å². The number of hydrogen-bond acceptors (Lipinski definition) is 3. The topological polar surface area (TPSA) is 61.2 Å². The Labute approximate surface area is 200 Å². The molecule has 33 heavy (non-hydrogen) atoms. The second-order valence-corrected chi connectivity index (χ2v) is 11.2. The molecule has 0 saturated carbocycles. The van der Waals surface area contributed by atoms with E-state index in [4.69, 9.17) is 16.9 Å². The number of nitrogens with zero attached hydrogens (tertiary/aromatic N) is 2. The molecular weight excluding hydrogens is 466 g/mol. The van der Waals surface area contributed by atoms with Gasteiger partial charge < -0.3 is 0 Å². The van der Waals surface area contributed by atoms with Gasteiger partial charge in [0.05, 0.1) is 16.3 Å². The quantitative estimate of drug-likeness (QED) is 0.423. The largest absolute Gasteiger partial charge is 0.214 e. The van der Waals surface area contributed by atoms with E-state index in [0.717, 1.165) is 30.5 Å². The van der Waals surface area contributed by atoms with Gasteiger partial charge in [0.15, 0.2) is 0 Å². The lowest BCUT2D eigenvalue weighted by molar-refractivity contribution is 0.301. The third-order valence-electron chi connectivity index (χ3n) is 6.46. The van der Waals surface area contributed by atoms with Crippen molar-refractivity contribution in [3.63, 3.8) is 0 Å². The maximum absolute atomic E-state index is 14.2. The fraction of sp³-hybridized carbons (Fsp3) is 0.480. The predicted molar refractivity (Wildman–Crippen MR) is 126 cm³/mol. The average Bonchev–Trinajstić information content (AvgIpc) is 3.27. The average molecular weight is 495 g/mol. The molecule has 1 aliphatic rings. The van der Waals surface area contributed by atoms with E-state index in [2.05, 4.69) is 0 Å². The van der Waals surface area contributed by atoms with Crippen molar-refractivity contribution in [3.8, 4) is 6.07 Å². The van der Waals surface area contributed by atoms with Crippen LogP contribution in [0.2, 0.25) is 5.02 Å². The van der Waals surface area contributed by atoms with Gasteiger partial charge in [0.25, 0.3) is 0 Å². The second-order valence-electron chi connectivity index (χ2n) is 8.72. The zero-order valence-corrected chi connectivity index (χ0v) is 20.3. The lowest BCUT2D eigenvalue weighted by atomic mass is 9.82. The summed E-state index contributed by atoms with van der Waals surface area (Å²) in [7, 11) is -3.26. The van der Waals surface area contributed by atoms with Crippen molar-refractivity contribution in [2.45, 2.75) is 45.4 Å². The van der Waals surface area contributed by atoms with Crippen LogP contribution >= 0.6 is 11.6 Å². The zero-order valence-electron chi connectivity index (χ0n) is 18.7. The Bertz CT molecular complexity index is 1120. The Hall–Kier alpha value is -2.01. The Kier molecular flexibility index (Phi) is 8.86. The van der Waals surface area contributed by atoms with Crippen molar-refractivity contribution in [3.05, 3.63) is 69.7 Å². The SMILES string of the molecule is CCCS(=O)(=O)N1CCC(C(CCc2ccc(C#N)c(Cl)c2)CCc2cc(F)ccc2F)C1. The Morgan fingerprint density at radius 2 is 1.94 bits per heavy atom. The number of nitriles is 1. The van der Waals surface area contributed by atoms with E-state index in [0.29, 0.717) is 54.9 Å². The van der Waals surface area contributed by atoms with Crippen LogP contribution in [0.5, 0.6) is 0 Å². The van der Waals surface area contributed by atoms with E-state index in [1.54, 1.807) is 16.4 Å². The summed E-state index contributed by atoms with van der Waals surface area (Å²) >= 11 is 6.17. The molecule has 2 aromatic rings. The molecule has 3 rings (SSSR count). The van der Waals surface area contributed by atoms with Crippen molar-refractivity contribution >= 4 is 21.6 Å². The van der Waals surface area contributed by atoms with Crippen molar-refractivity contribution in [1.82, 2.24) is 4.31 Å². The van der Waals surface area contributed by atoms with Crippen molar-refractivity contribution < 1.29 is 17.2 Å². The third kappa shape index (κ3) is 6.75. The molecule has 1 aliphatic heterocycles. The van der Waals surface area contributed by atoms with E-state index >= 15 is 0 Å². The van der Waals surface area contributed by atoms with Crippen molar-refractivity contribution in [2.24, 2.45) is 11.8 Å². The molecule has 1 fully saturated rings. The van der Waals surface area contributed by atoms with Gasteiger partial charge >= 0.3 is 0 Å². The molecule has 178 valence electrons. The van der Waals surface area contributed by atoms with Crippen molar-refractivity contribution in [2.75, 3.05) is 18.8 Å². The molecule has 0 radical (unpaired) electrons. The number of hydrogen-bond donors (Lipinski definition) is 0. The highest BCUT2D eigenvalue weighted by Crippen LogP contribution is 2.33. The second kappa shape index (κ2) is 11.4. The highest BCUT2D eigenvalue weighted by molar-refractivity contribution is 7.89. The molecule has 4 nitrogen and oxygen atoms in total. The summed E-state index contributed by atoms with van der Waals surface area (Å²) in [4.78, 5) is 0. The molecular formula is C25H29ClF2N2O2S. The van der Waals surface area contributed by atoms with E-state index in [1.807, 2.05) is 19.1 Å². The molecule has 0 aliphatic carbocycles. The zero-order chi connectivity index (χ0) is 24.0. The van der Waals surface area contributed by atoms with Crippen LogP contribution in [0.1, 0.15) is 49.3 Å². The van der Waals surface area contributed by atoms with Gasteiger partial charge in [-0.05, 0) is 91.8 Å². The summed E-state index contributed by atoms with van der Waals surface area (Å²) < 4.78 is 54.4. The molecule has 1 saturated heterocycles. The van der Waals surface area contributed by atoms with Gasteiger partial charge in [-0.15, -0.1) is 0 Å². The standard InChI is InChI=1S/C25H29ClF2N2O2S/c1-2-13-33(31,32)30-12-11-22(17-30)19(7-8-20-15-23(27)9-10-25(20)28)5-3-18-4-6-21(16-29)24(26)14-18/h4,6,9-10,14-15,19,22H,2-3,5,7-8,11-13,17H2,1H3. The summed E-state index contributed by atoms with van der Waals surface area (Å²) in [6.07, 6.45) is 3.83. The summed E-state index contributed by atoms with van der Waals surface area (Å²) in [5.74, 6) is -0.450. The van der Waals surface area contributed by atoms with Crippen LogP contribution in [0.3, 0.4) is 0 Å². The molecule has 0 N–H and O–H groups in total. The van der Waals surface area contributed by atoms with E-state index in [-0.39, 0.29) is 17.6 Å². The van der Waals surface area contributed by atoms with Crippen LogP contribution in [0.25, 0.3) is 0 Å². The molecule has 2 unspecified atom stereocenters. The van der Waals surface area contributed by atoms with Crippen molar-refractivity contribution in [1.29, 1.82) is 5.26 Å². The first-order chi connectivity index (χ1) is 15.7. The molecule has 0 aromatic heterocycles. The molecule has 0 amide bonds. The summed E-state index contributed by atoms with van der Waals surface area (Å²) in [6.45, 7) is 2.82. The number of aryl methyl sites for hydroxylation is 2. The smallest absolute Gasteiger partial charge is 0.212 e. The minimum absolute atomic E-state index is 0.141. The summed E-state index contributed by atoms with van der Waals surface area (Å²) in [6, 6.07) is 10.9. The molecule has 1 heterocycles. The van der Waals surface area contributed by atoms with Crippen LogP contribution in [-0.4, -0.2) is 31.6 Å². The van der Waals surface area contributed by atoms with Gasteiger partial charge in [0, 0.05) is 13.1 Å². The lowest BCUT2D eigenvalue weighted by Gasteiger charge is -2.24. The highest BCUT2D eigenvalue weighted by Gasteiger charge is 2.34. The monoisotopic (exact) mass is 494 g/mol. The maximum atomic E-state index is 14.2. The normalized spacial score (nSPS) is 17.7. The first-order valence-corrected chi connectivity index (χ1v) is 13.3. The molecule has 2 atom stereocenters. The van der Waals surface area contributed by atoms with Crippen LogP contribution in [0.4, 0.5) is 8.78 Å². The number of sulfonamides is 1. The molecule has 0 bridgehead atoms. The lowest BCUT2D eigenvalue weighted by Crippen LogP contribution is -2.32. The van der Waals surface area contributed by atoms with Crippen LogP contribution in [0.15, 0.2) is 36.4 Å². The minimum atomic E-state index is -3.26. The van der Waals surface area contributed by atoms with Gasteiger partial charge in [-0.3, -0.25) is 0 Å². The fourth-order valence-electron chi connectivity index (χ4n) is 4.63. The molecule has 2 aromatic carbocycles. The van der Waals surface area contributed by atoms with E-state index in [9.17, 15) is 17.2 Å². The number of halogens is 3. The van der Waals surface area contributed by atoms with Gasteiger partial charge in [0.2, 0.25) is 10.0 Å². The highest BCUT2D eigenvalue weighted by atomic mass is 35.5. The summed E-state index contributed by atoms with van der Waals surface area (Å²) in [5, 5.41) is 9.48. The van der Waals surface area contributed by atoms with Crippen LogP contribution < -0.4 is 0 Å². The van der Waals surface area contributed by atoms with Gasteiger partial charge in [0.1, 0.15) is 17.7 Å². The fourth-order valence-corrected chi connectivity index (χ4v) is 6.45. The van der Waals surface area contributed by atoms with Gasteiger partial charge in [-0.25, -0.2) is 21.5 Å². The maximum Gasteiger partial charge on any atom is 0.214 e. The Morgan fingerprint density at radius 3 is 2.64 bits per heavy atom. The van der Waals surface area contributed by atoms with Gasteiger partial charge in [-0.2, -0.15) is 5.26 Å². The van der Waals surface area contributed by atoms with E-state index < -0.39 is 21.7 Å². The minimum Gasteiger partial charge on any atom is -0.212 e. The predicted octanol–water partition coefficient (Wildman–Crippen LogP) is 5.73. The first-order valence-electron chi connectivity index (χ1n) is 11.3. The molecule has 0 spiro atoms. The number of rotatable bonds is 10. The van der Waals surface area contributed by atoms with E-state index in [1.165, 1.54) is 6.07 Å². The number of benzene rings is 2. The first kappa shape index (κ1) is 25.6. The Balaban J connectivity index is 1.74. The third-order valence-corrected chi connectivity index (χ3v) is 8.81.